The highest BCUT2D eigenvalue weighted by atomic mass is 16.5. The summed E-state index contributed by atoms with van der Waals surface area (Å²) in [6.45, 7) is 7.25. The van der Waals surface area contributed by atoms with Crippen LogP contribution >= 0.6 is 0 Å². The number of para-hydroxylation sites is 2. The average molecular weight is 264 g/mol. The number of hydrogen-bond donors (Lipinski definition) is 2. The van der Waals surface area contributed by atoms with E-state index in [0.717, 1.165) is 31.1 Å². The van der Waals surface area contributed by atoms with Gasteiger partial charge >= 0.3 is 0 Å². The van der Waals surface area contributed by atoms with Crippen LogP contribution in [0.25, 0.3) is 0 Å². The molecular weight excluding hydrogens is 240 g/mol. The number of rotatable bonds is 3. The molecule has 4 nitrogen and oxygen atoms in total. The van der Waals surface area contributed by atoms with Crippen LogP contribution in [0.15, 0.2) is 24.3 Å². The van der Waals surface area contributed by atoms with Gasteiger partial charge in [0.2, 0.25) is 0 Å². The minimum Gasteiger partial charge on any atom is -0.495 e. The summed E-state index contributed by atoms with van der Waals surface area (Å²) in [5.74, 6) is 0.860. The fraction of sp³-hybridized carbons (Fsp3) is 0.600. The molecule has 4 heteroatoms. The Morgan fingerprint density at radius 2 is 2.16 bits per heavy atom. The Morgan fingerprint density at radius 3 is 2.84 bits per heavy atom. The minimum atomic E-state index is 0.0816. The zero-order valence-corrected chi connectivity index (χ0v) is 12.0. The van der Waals surface area contributed by atoms with E-state index in [1.807, 2.05) is 18.2 Å². The van der Waals surface area contributed by atoms with Crippen LogP contribution in [0.5, 0.6) is 5.75 Å². The molecule has 1 aliphatic heterocycles. The summed E-state index contributed by atoms with van der Waals surface area (Å²) >= 11 is 0. The average Bonchev–Trinajstić information content (AvgIpc) is 2.56. The summed E-state index contributed by atoms with van der Waals surface area (Å²) in [6, 6.07) is 8.09. The number of aliphatic hydroxyl groups is 1. The molecule has 2 N–H and O–H groups in total. The molecule has 0 spiro atoms. The summed E-state index contributed by atoms with van der Waals surface area (Å²) in [6.07, 6.45) is 0. The lowest BCUT2D eigenvalue weighted by Crippen LogP contribution is -2.44. The highest BCUT2D eigenvalue weighted by Crippen LogP contribution is 2.32. The summed E-state index contributed by atoms with van der Waals surface area (Å²) in [4.78, 5) is 2.26. The van der Waals surface area contributed by atoms with E-state index in [-0.39, 0.29) is 18.1 Å². The van der Waals surface area contributed by atoms with Crippen molar-refractivity contribution >= 4 is 5.69 Å². The molecule has 0 saturated carbocycles. The van der Waals surface area contributed by atoms with E-state index in [2.05, 4.69) is 30.1 Å². The second-order valence-electron chi connectivity index (χ2n) is 5.93. The smallest absolute Gasteiger partial charge is 0.142 e. The van der Waals surface area contributed by atoms with Crippen LogP contribution in [0, 0.1) is 5.41 Å². The van der Waals surface area contributed by atoms with Crippen molar-refractivity contribution in [1.29, 1.82) is 0 Å². The first-order chi connectivity index (χ1) is 9.07. The lowest BCUT2D eigenvalue weighted by Gasteiger charge is -2.35. The van der Waals surface area contributed by atoms with E-state index in [1.54, 1.807) is 7.11 Å². The molecule has 1 aromatic carbocycles. The molecule has 106 valence electrons. The zero-order valence-electron chi connectivity index (χ0n) is 12.0. The van der Waals surface area contributed by atoms with Gasteiger partial charge in [0.05, 0.1) is 25.4 Å². The van der Waals surface area contributed by atoms with Crippen LogP contribution in [-0.4, -0.2) is 44.5 Å². The topological polar surface area (TPSA) is 44.7 Å². The lowest BCUT2D eigenvalue weighted by atomic mass is 9.93. The molecule has 1 fully saturated rings. The maximum Gasteiger partial charge on any atom is 0.142 e. The van der Waals surface area contributed by atoms with Gasteiger partial charge < -0.3 is 20.1 Å². The lowest BCUT2D eigenvalue weighted by molar-refractivity contribution is 0.257. The monoisotopic (exact) mass is 264 g/mol. The molecule has 1 unspecified atom stereocenters. The van der Waals surface area contributed by atoms with Crippen molar-refractivity contribution in [3.8, 4) is 5.75 Å². The van der Waals surface area contributed by atoms with Gasteiger partial charge in [-0.05, 0) is 17.5 Å². The number of ether oxygens (including phenoxy) is 1. The Kier molecular flexibility index (Phi) is 4.32. The van der Waals surface area contributed by atoms with Crippen LogP contribution in [0.1, 0.15) is 13.8 Å². The third-order valence-corrected chi connectivity index (χ3v) is 3.63. The first-order valence-corrected chi connectivity index (χ1v) is 6.78. The number of hydrogen-bond acceptors (Lipinski definition) is 4. The largest absolute Gasteiger partial charge is 0.495 e. The van der Waals surface area contributed by atoms with Gasteiger partial charge in [-0.25, -0.2) is 0 Å². The minimum absolute atomic E-state index is 0.0816. The van der Waals surface area contributed by atoms with Crippen LogP contribution in [-0.2, 0) is 0 Å². The van der Waals surface area contributed by atoms with Crippen molar-refractivity contribution < 1.29 is 9.84 Å². The SMILES string of the molecule is COc1ccccc1N1CC(C)(C)CNCC1CO. The Balaban J connectivity index is 2.36. The second kappa shape index (κ2) is 5.80. The Hall–Kier alpha value is -1.26. The van der Waals surface area contributed by atoms with Gasteiger partial charge in [-0.2, -0.15) is 0 Å². The van der Waals surface area contributed by atoms with Crippen LogP contribution in [0.4, 0.5) is 5.69 Å². The molecule has 1 aliphatic rings. The molecule has 1 aromatic rings. The number of nitrogens with zero attached hydrogens (tertiary/aromatic N) is 1. The molecule has 1 atom stereocenters. The van der Waals surface area contributed by atoms with Gasteiger partial charge in [-0.1, -0.05) is 26.0 Å². The summed E-state index contributed by atoms with van der Waals surface area (Å²) in [5, 5.41) is 13.1. The molecule has 0 radical (unpaired) electrons. The molecule has 1 saturated heterocycles. The number of nitrogens with one attached hydrogen (secondary N) is 1. The Labute approximate surface area is 115 Å². The first-order valence-electron chi connectivity index (χ1n) is 6.78. The van der Waals surface area contributed by atoms with Crippen LogP contribution in [0.2, 0.25) is 0 Å². The number of methoxy groups -OCH3 is 1. The number of anilines is 1. The van der Waals surface area contributed by atoms with E-state index >= 15 is 0 Å². The van der Waals surface area contributed by atoms with Crippen molar-refractivity contribution in [3.05, 3.63) is 24.3 Å². The van der Waals surface area contributed by atoms with Crippen LogP contribution < -0.4 is 15.0 Å². The van der Waals surface area contributed by atoms with Gasteiger partial charge in [-0.15, -0.1) is 0 Å². The highest BCUT2D eigenvalue weighted by molar-refractivity contribution is 5.59. The number of benzene rings is 1. The zero-order chi connectivity index (χ0) is 13.9. The van der Waals surface area contributed by atoms with E-state index in [1.165, 1.54) is 0 Å². The van der Waals surface area contributed by atoms with Gasteiger partial charge in [0.25, 0.3) is 0 Å². The van der Waals surface area contributed by atoms with Crippen LogP contribution in [0.3, 0.4) is 0 Å². The van der Waals surface area contributed by atoms with Gasteiger partial charge in [0.1, 0.15) is 5.75 Å². The van der Waals surface area contributed by atoms with Gasteiger partial charge in [0.15, 0.2) is 0 Å². The Morgan fingerprint density at radius 1 is 1.42 bits per heavy atom. The van der Waals surface area contributed by atoms with Crippen molar-refractivity contribution in [2.75, 3.05) is 38.3 Å². The molecule has 2 rings (SSSR count). The molecule has 0 bridgehead atoms. The predicted molar refractivity (Wildman–Crippen MR) is 77.9 cm³/mol. The van der Waals surface area contributed by atoms with E-state index in [0.29, 0.717) is 0 Å². The normalized spacial score (nSPS) is 22.9. The van der Waals surface area contributed by atoms with Crippen molar-refractivity contribution in [2.24, 2.45) is 5.41 Å². The second-order valence-corrected chi connectivity index (χ2v) is 5.93. The molecular formula is C15H24N2O2. The highest BCUT2D eigenvalue weighted by Gasteiger charge is 2.31. The van der Waals surface area contributed by atoms with Gasteiger partial charge in [0, 0.05) is 19.6 Å². The quantitative estimate of drug-likeness (QED) is 0.868. The third kappa shape index (κ3) is 3.19. The maximum atomic E-state index is 9.66. The van der Waals surface area contributed by atoms with Crippen molar-refractivity contribution in [2.45, 2.75) is 19.9 Å². The summed E-state index contributed by atoms with van der Waals surface area (Å²) in [7, 11) is 1.69. The fourth-order valence-electron chi connectivity index (χ4n) is 2.65. The van der Waals surface area contributed by atoms with Gasteiger partial charge in [-0.3, -0.25) is 0 Å². The summed E-state index contributed by atoms with van der Waals surface area (Å²) < 4.78 is 5.46. The van der Waals surface area contributed by atoms with E-state index < -0.39 is 0 Å². The van der Waals surface area contributed by atoms with E-state index in [9.17, 15) is 5.11 Å². The predicted octanol–water partition coefficient (Wildman–Crippen LogP) is 1.49. The third-order valence-electron chi connectivity index (χ3n) is 3.63. The molecule has 0 aromatic heterocycles. The Bertz CT molecular complexity index is 420. The molecule has 1 heterocycles. The standard InChI is InChI=1S/C15H24N2O2/c1-15(2)10-16-8-12(9-18)17(11-15)13-6-4-5-7-14(13)19-3/h4-7,12,16,18H,8-11H2,1-3H3. The first kappa shape index (κ1) is 14.2. The maximum absolute atomic E-state index is 9.66. The van der Waals surface area contributed by atoms with Crippen molar-refractivity contribution in [1.82, 2.24) is 5.32 Å². The molecule has 19 heavy (non-hydrogen) atoms. The molecule has 0 aliphatic carbocycles. The molecule has 0 amide bonds. The summed E-state index contributed by atoms with van der Waals surface area (Å²) in [5.41, 5.74) is 1.21. The fourth-order valence-corrected chi connectivity index (χ4v) is 2.65. The van der Waals surface area contributed by atoms with Crippen molar-refractivity contribution in [3.63, 3.8) is 0 Å². The number of aliphatic hydroxyl groups excluding tert-OH is 1. The van der Waals surface area contributed by atoms with E-state index in [4.69, 9.17) is 4.74 Å².